The van der Waals surface area contributed by atoms with Crippen LogP contribution in [0.5, 0.6) is 0 Å². The maximum absolute atomic E-state index is 4.21. The highest BCUT2D eigenvalue weighted by molar-refractivity contribution is 5.49. The van der Waals surface area contributed by atoms with Crippen LogP contribution in [0.4, 0.5) is 5.69 Å². The third-order valence-corrected chi connectivity index (χ3v) is 4.61. The van der Waals surface area contributed by atoms with Crippen molar-refractivity contribution in [2.75, 3.05) is 5.32 Å². The van der Waals surface area contributed by atoms with Gasteiger partial charge in [-0.05, 0) is 50.3 Å². The first-order valence-electron chi connectivity index (χ1n) is 9.51. The van der Waals surface area contributed by atoms with Gasteiger partial charge in [-0.15, -0.1) is 0 Å². The van der Waals surface area contributed by atoms with Crippen LogP contribution in [0.15, 0.2) is 61.1 Å². The van der Waals surface area contributed by atoms with Crippen LogP contribution in [0.3, 0.4) is 0 Å². The zero-order valence-electron chi connectivity index (χ0n) is 16.6. The van der Waals surface area contributed by atoms with Gasteiger partial charge in [-0.25, -0.2) is 0 Å². The van der Waals surface area contributed by atoms with Crippen LogP contribution in [-0.4, -0.2) is 0 Å². The SMILES string of the molecule is C=C(NC(=C)C(C)(C)CC/C=C\C)Nc1ccc(CCCCC)cc1.[HH]. The molecule has 1 aromatic carbocycles. The molecule has 0 heterocycles. The van der Waals surface area contributed by atoms with Crippen LogP contribution in [-0.2, 0) is 6.42 Å². The average molecular weight is 343 g/mol. The maximum Gasteiger partial charge on any atom is 0.0999 e. The number of aryl methyl sites for hydroxylation is 1. The van der Waals surface area contributed by atoms with Crippen molar-refractivity contribution in [2.45, 2.75) is 66.2 Å². The van der Waals surface area contributed by atoms with Gasteiger partial charge in [0.05, 0.1) is 5.82 Å². The van der Waals surface area contributed by atoms with Crippen LogP contribution in [0.2, 0.25) is 0 Å². The zero-order valence-corrected chi connectivity index (χ0v) is 16.6. The van der Waals surface area contributed by atoms with E-state index in [0.29, 0.717) is 0 Å². The molecule has 1 aromatic rings. The van der Waals surface area contributed by atoms with Gasteiger partial charge in [0.15, 0.2) is 0 Å². The Morgan fingerprint density at radius 3 is 2.44 bits per heavy atom. The second-order valence-corrected chi connectivity index (χ2v) is 7.35. The summed E-state index contributed by atoms with van der Waals surface area (Å²) in [5, 5.41) is 6.65. The van der Waals surface area contributed by atoms with Gasteiger partial charge in [0, 0.05) is 18.2 Å². The second-order valence-electron chi connectivity index (χ2n) is 7.35. The number of nitrogens with one attached hydrogen (secondary N) is 2. The van der Waals surface area contributed by atoms with Crippen LogP contribution in [0, 0.1) is 5.41 Å². The van der Waals surface area contributed by atoms with Gasteiger partial charge in [0.1, 0.15) is 0 Å². The summed E-state index contributed by atoms with van der Waals surface area (Å²) in [6.45, 7) is 17.0. The predicted molar refractivity (Wildman–Crippen MR) is 115 cm³/mol. The highest BCUT2D eigenvalue weighted by Crippen LogP contribution is 2.29. The Morgan fingerprint density at radius 2 is 1.84 bits per heavy atom. The monoisotopic (exact) mass is 342 g/mol. The van der Waals surface area contributed by atoms with Crippen molar-refractivity contribution in [1.82, 2.24) is 5.32 Å². The fourth-order valence-electron chi connectivity index (χ4n) is 2.65. The molecule has 0 aromatic heterocycles. The first-order chi connectivity index (χ1) is 11.9. The molecule has 140 valence electrons. The third-order valence-electron chi connectivity index (χ3n) is 4.61. The molecular formula is C23H38N2. The van der Waals surface area contributed by atoms with Gasteiger partial charge in [-0.3, -0.25) is 0 Å². The van der Waals surface area contributed by atoms with Crippen LogP contribution < -0.4 is 10.6 Å². The minimum absolute atomic E-state index is 0. The smallest absolute Gasteiger partial charge is 0.0999 e. The lowest BCUT2D eigenvalue weighted by Gasteiger charge is -2.28. The molecule has 2 nitrogen and oxygen atoms in total. The summed E-state index contributed by atoms with van der Waals surface area (Å²) in [5.74, 6) is 0.767. The van der Waals surface area contributed by atoms with Gasteiger partial charge in [0.25, 0.3) is 0 Å². The molecule has 0 atom stereocenters. The minimum Gasteiger partial charge on any atom is -0.346 e. The number of allylic oxidation sites excluding steroid dienone is 3. The molecule has 0 aliphatic carbocycles. The van der Waals surface area contributed by atoms with E-state index in [1.165, 1.54) is 24.8 Å². The Balaban J connectivity index is 0.00000625. The molecule has 0 fully saturated rings. The van der Waals surface area contributed by atoms with E-state index < -0.39 is 0 Å². The molecule has 0 aliphatic heterocycles. The fourth-order valence-corrected chi connectivity index (χ4v) is 2.65. The van der Waals surface area contributed by atoms with E-state index in [0.717, 1.165) is 36.5 Å². The minimum atomic E-state index is 0. The number of unbranched alkanes of at least 4 members (excludes halogenated alkanes) is 2. The Kier molecular flexibility index (Phi) is 9.12. The van der Waals surface area contributed by atoms with Gasteiger partial charge in [-0.2, -0.15) is 0 Å². The number of hydrogen-bond donors (Lipinski definition) is 2. The van der Waals surface area contributed by atoms with Gasteiger partial charge < -0.3 is 10.6 Å². The molecule has 0 saturated heterocycles. The highest BCUT2D eigenvalue weighted by Gasteiger charge is 2.21. The van der Waals surface area contributed by atoms with Crippen molar-refractivity contribution >= 4 is 5.69 Å². The quantitative estimate of drug-likeness (QED) is 0.314. The van der Waals surface area contributed by atoms with Crippen molar-refractivity contribution in [2.24, 2.45) is 5.41 Å². The van der Waals surface area contributed by atoms with Crippen molar-refractivity contribution in [1.29, 1.82) is 0 Å². The fraction of sp³-hybridized carbons (Fsp3) is 0.478. The lowest BCUT2D eigenvalue weighted by molar-refractivity contribution is 0.393. The topological polar surface area (TPSA) is 24.1 Å². The van der Waals surface area contributed by atoms with Crippen molar-refractivity contribution in [3.05, 3.63) is 66.7 Å². The summed E-state index contributed by atoms with van der Waals surface area (Å²) in [5.41, 5.74) is 3.46. The second kappa shape index (κ2) is 10.8. The lowest BCUT2D eigenvalue weighted by Crippen LogP contribution is -2.27. The summed E-state index contributed by atoms with van der Waals surface area (Å²) in [6.07, 6.45) is 11.4. The highest BCUT2D eigenvalue weighted by atomic mass is 15.1. The molecule has 0 unspecified atom stereocenters. The molecule has 0 radical (unpaired) electrons. The van der Waals surface area contributed by atoms with E-state index in [1.807, 2.05) is 0 Å². The van der Waals surface area contributed by atoms with E-state index in [2.05, 4.69) is 87.9 Å². The van der Waals surface area contributed by atoms with Crippen LogP contribution >= 0.6 is 0 Å². The molecule has 0 saturated carbocycles. The van der Waals surface area contributed by atoms with Gasteiger partial charge in [-0.1, -0.05) is 71.1 Å². The molecule has 0 spiro atoms. The van der Waals surface area contributed by atoms with E-state index in [9.17, 15) is 0 Å². The normalized spacial score (nSPS) is 11.5. The summed E-state index contributed by atoms with van der Waals surface area (Å²) in [7, 11) is 0. The molecule has 0 aliphatic rings. The number of anilines is 1. The lowest BCUT2D eigenvalue weighted by atomic mass is 9.84. The van der Waals surface area contributed by atoms with E-state index in [-0.39, 0.29) is 6.84 Å². The molecule has 0 bridgehead atoms. The Bertz CT molecular complexity index is 570. The standard InChI is InChI=1S/C23H36N2.H2/c1-7-9-11-13-21-14-16-22(17-15-21)25-20(4)24-19(3)23(5,6)18-12-10-8-2;/h8,10,14-17,24-25H,3-4,7,9,11-13,18H2,1-2,5-6H3;1H/b10-8-;. The zero-order chi connectivity index (χ0) is 18.7. The van der Waals surface area contributed by atoms with E-state index >= 15 is 0 Å². The Hall–Kier alpha value is -1.96. The van der Waals surface area contributed by atoms with Crippen LogP contribution in [0.25, 0.3) is 0 Å². The predicted octanol–water partition coefficient (Wildman–Crippen LogP) is 7.03. The van der Waals surface area contributed by atoms with Gasteiger partial charge in [0.2, 0.25) is 0 Å². The maximum atomic E-state index is 4.21. The van der Waals surface area contributed by atoms with E-state index in [1.54, 1.807) is 0 Å². The number of rotatable bonds is 12. The summed E-state index contributed by atoms with van der Waals surface area (Å²) >= 11 is 0. The van der Waals surface area contributed by atoms with Crippen LogP contribution in [0.1, 0.15) is 66.8 Å². The average Bonchev–Trinajstić information content (AvgIpc) is 2.56. The largest absolute Gasteiger partial charge is 0.346 e. The first-order valence-corrected chi connectivity index (χ1v) is 9.51. The van der Waals surface area contributed by atoms with Crippen molar-refractivity contribution in [3.63, 3.8) is 0 Å². The molecule has 25 heavy (non-hydrogen) atoms. The molecule has 2 heteroatoms. The summed E-state index contributed by atoms with van der Waals surface area (Å²) in [6, 6.07) is 8.63. The number of benzene rings is 1. The summed E-state index contributed by atoms with van der Waals surface area (Å²) in [4.78, 5) is 0. The van der Waals surface area contributed by atoms with Gasteiger partial charge >= 0.3 is 0 Å². The molecule has 0 amide bonds. The number of hydrogen-bond acceptors (Lipinski definition) is 2. The van der Waals surface area contributed by atoms with Crippen molar-refractivity contribution in [3.8, 4) is 0 Å². The molecular weight excluding hydrogens is 304 g/mol. The summed E-state index contributed by atoms with van der Waals surface area (Å²) < 4.78 is 0. The van der Waals surface area contributed by atoms with Crippen molar-refractivity contribution < 1.29 is 1.43 Å². The first kappa shape index (κ1) is 21.1. The molecule has 2 N–H and O–H groups in total. The Morgan fingerprint density at radius 1 is 1.16 bits per heavy atom. The third kappa shape index (κ3) is 8.11. The Labute approximate surface area is 156 Å². The van der Waals surface area contributed by atoms with E-state index in [4.69, 9.17) is 0 Å². The molecule has 1 rings (SSSR count).